The summed E-state index contributed by atoms with van der Waals surface area (Å²) in [7, 11) is 0. The second-order valence-corrected chi connectivity index (χ2v) is 6.33. The van der Waals surface area contributed by atoms with Gasteiger partial charge in [0.05, 0.1) is 23.1 Å². The summed E-state index contributed by atoms with van der Waals surface area (Å²) < 4.78 is 0. The summed E-state index contributed by atoms with van der Waals surface area (Å²) in [6.07, 6.45) is 0.820. The minimum absolute atomic E-state index is 0.185. The Balaban J connectivity index is 1.80. The summed E-state index contributed by atoms with van der Waals surface area (Å²) in [6.45, 7) is 0. The number of nitrogens with one attached hydrogen (secondary N) is 1. The van der Waals surface area contributed by atoms with E-state index in [2.05, 4.69) is 35.6 Å². The highest BCUT2D eigenvalue weighted by atomic mass is 35.5. The summed E-state index contributed by atoms with van der Waals surface area (Å²) in [6, 6.07) is 26.8. The van der Waals surface area contributed by atoms with Crippen molar-refractivity contribution >= 4 is 28.7 Å². The second kappa shape index (κ2) is 6.50. The Morgan fingerprint density at radius 1 is 0.833 bits per heavy atom. The molecule has 118 valence electrons. The van der Waals surface area contributed by atoms with E-state index in [1.807, 2.05) is 48.5 Å². The summed E-state index contributed by atoms with van der Waals surface area (Å²) in [5.41, 5.74) is 5.48. The van der Waals surface area contributed by atoms with Crippen LogP contribution in [0.3, 0.4) is 0 Å². The zero-order valence-electron chi connectivity index (χ0n) is 13.1. The molecule has 0 saturated heterocycles. The molecule has 3 heteroatoms. The third-order valence-electron chi connectivity index (χ3n) is 4.27. The SMILES string of the molecule is Clc1ccc(C2=Nc3ccccc3N[C@H](c3ccccc3)C2)cc1. The number of benzene rings is 3. The number of fused-ring (bicyclic) bond motifs is 1. The lowest BCUT2D eigenvalue weighted by Crippen LogP contribution is -2.14. The highest BCUT2D eigenvalue weighted by Gasteiger charge is 2.20. The molecule has 0 bridgehead atoms. The Kier molecular flexibility index (Phi) is 4.06. The van der Waals surface area contributed by atoms with Crippen LogP contribution in [0.15, 0.2) is 83.9 Å². The van der Waals surface area contributed by atoms with E-state index in [1.54, 1.807) is 0 Å². The van der Waals surface area contributed by atoms with E-state index in [0.717, 1.165) is 34.1 Å². The summed E-state index contributed by atoms with van der Waals surface area (Å²) in [4.78, 5) is 4.93. The Labute approximate surface area is 146 Å². The second-order valence-electron chi connectivity index (χ2n) is 5.89. The lowest BCUT2D eigenvalue weighted by Gasteiger charge is -2.19. The fraction of sp³-hybridized carbons (Fsp3) is 0.0952. The number of nitrogens with zero attached hydrogens (tertiary/aromatic N) is 1. The zero-order chi connectivity index (χ0) is 16.4. The molecule has 0 amide bonds. The molecule has 1 aliphatic heterocycles. The summed E-state index contributed by atoms with van der Waals surface area (Å²) in [5.74, 6) is 0. The maximum atomic E-state index is 6.04. The van der Waals surface area contributed by atoms with E-state index in [9.17, 15) is 0 Å². The predicted molar refractivity (Wildman–Crippen MR) is 102 cm³/mol. The van der Waals surface area contributed by atoms with E-state index in [4.69, 9.17) is 16.6 Å². The molecule has 3 aromatic rings. The van der Waals surface area contributed by atoms with Crippen molar-refractivity contribution in [2.24, 2.45) is 4.99 Å². The standard InChI is InChI=1S/C21H17ClN2/c22-17-12-10-16(11-13-17)21-14-20(15-6-2-1-3-7-15)23-18-8-4-5-9-19(18)24-21/h1-13,20,23H,14H2/t20-/m0/s1. The predicted octanol–water partition coefficient (Wildman–Crippen LogP) is 6.02. The average molecular weight is 333 g/mol. The van der Waals surface area contributed by atoms with Crippen molar-refractivity contribution in [2.75, 3.05) is 5.32 Å². The van der Waals surface area contributed by atoms with Crippen LogP contribution in [0, 0.1) is 0 Å². The van der Waals surface area contributed by atoms with Gasteiger partial charge in [-0.3, -0.25) is 4.99 Å². The minimum atomic E-state index is 0.185. The van der Waals surface area contributed by atoms with Crippen LogP contribution < -0.4 is 5.32 Å². The molecular weight excluding hydrogens is 316 g/mol. The van der Waals surface area contributed by atoms with Gasteiger partial charge in [0, 0.05) is 11.4 Å². The fourth-order valence-electron chi connectivity index (χ4n) is 3.03. The van der Waals surface area contributed by atoms with Crippen molar-refractivity contribution in [3.63, 3.8) is 0 Å². The van der Waals surface area contributed by atoms with Gasteiger partial charge in [0.2, 0.25) is 0 Å². The van der Waals surface area contributed by atoms with Gasteiger partial charge in [0.25, 0.3) is 0 Å². The van der Waals surface area contributed by atoms with Crippen LogP contribution in [0.4, 0.5) is 11.4 Å². The molecule has 4 rings (SSSR count). The Morgan fingerprint density at radius 2 is 1.54 bits per heavy atom. The third-order valence-corrected chi connectivity index (χ3v) is 4.52. The van der Waals surface area contributed by atoms with E-state index in [1.165, 1.54) is 5.56 Å². The Bertz CT molecular complexity index is 870. The maximum absolute atomic E-state index is 6.04. The van der Waals surface area contributed by atoms with Crippen LogP contribution in [0.5, 0.6) is 0 Å². The molecular formula is C21H17ClN2. The largest absolute Gasteiger partial charge is 0.376 e. The summed E-state index contributed by atoms with van der Waals surface area (Å²) >= 11 is 6.04. The molecule has 0 saturated carbocycles. The molecule has 24 heavy (non-hydrogen) atoms. The number of hydrogen-bond donors (Lipinski definition) is 1. The van der Waals surface area contributed by atoms with Crippen molar-refractivity contribution in [2.45, 2.75) is 12.5 Å². The Hall–Kier alpha value is -2.58. The van der Waals surface area contributed by atoms with E-state index in [-0.39, 0.29) is 6.04 Å². The van der Waals surface area contributed by atoms with E-state index in [0.29, 0.717) is 0 Å². The molecule has 0 aliphatic carbocycles. The zero-order valence-corrected chi connectivity index (χ0v) is 13.9. The van der Waals surface area contributed by atoms with Gasteiger partial charge in [0.1, 0.15) is 0 Å². The van der Waals surface area contributed by atoms with Gasteiger partial charge in [-0.1, -0.05) is 66.2 Å². The van der Waals surface area contributed by atoms with Crippen molar-refractivity contribution in [1.29, 1.82) is 0 Å². The molecule has 1 heterocycles. The van der Waals surface area contributed by atoms with Gasteiger partial charge < -0.3 is 5.32 Å². The molecule has 1 atom stereocenters. The van der Waals surface area contributed by atoms with E-state index < -0.39 is 0 Å². The van der Waals surface area contributed by atoms with Crippen LogP contribution in [0.25, 0.3) is 0 Å². The highest BCUT2D eigenvalue weighted by molar-refractivity contribution is 6.30. The van der Waals surface area contributed by atoms with Crippen molar-refractivity contribution in [3.8, 4) is 0 Å². The van der Waals surface area contributed by atoms with Crippen LogP contribution in [0.2, 0.25) is 5.02 Å². The van der Waals surface area contributed by atoms with Crippen molar-refractivity contribution < 1.29 is 0 Å². The normalized spacial score (nSPS) is 16.5. The minimum Gasteiger partial charge on any atom is -0.376 e. The van der Waals surface area contributed by atoms with Crippen molar-refractivity contribution in [3.05, 3.63) is 95.0 Å². The van der Waals surface area contributed by atoms with Gasteiger partial charge in [-0.05, 0) is 35.4 Å². The lowest BCUT2D eigenvalue weighted by molar-refractivity contribution is 0.828. The first-order valence-corrected chi connectivity index (χ1v) is 8.41. The molecule has 0 aromatic heterocycles. The lowest BCUT2D eigenvalue weighted by atomic mass is 9.97. The van der Waals surface area contributed by atoms with Crippen molar-refractivity contribution in [1.82, 2.24) is 0 Å². The van der Waals surface area contributed by atoms with Gasteiger partial charge in [-0.15, -0.1) is 0 Å². The van der Waals surface area contributed by atoms with E-state index >= 15 is 0 Å². The number of hydrogen-bond acceptors (Lipinski definition) is 2. The van der Waals surface area contributed by atoms with Crippen LogP contribution in [0.1, 0.15) is 23.6 Å². The fourth-order valence-corrected chi connectivity index (χ4v) is 3.15. The number of para-hydroxylation sites is 2. The number of aliphatic imine (C=N–C) groups is 1. The molecule has 0 radical (unpaired) electrons. The topological polar surface area (TPSA) is 24.4 Å². The first-order valence-electron chi connectivity index (χ1n) is 8.03. The van der Waals surface area contributed by atoms with Gasteiger partial charge in [-0.25, -0.2) is 0 Å². The Morgan fingerprint density at radius 3 is 2.33 bits per heavy atom. The average Bonchev–Trinajstić information content (AvgIpc) is 2.83. The van der Waals surface area contributed by atoms with Crippen LogP contribution in [-0.4, -0.2) is 5.71 Å². The third kappa shape index (κ3) is 3.06. The molecule has 2 nitrogen and oxygen atoms in total. The number of rotatable bonds is 2. The summed E-state index contributed by atoms with van der Waals surface area (Å²) in [5, 5.41) is 4.39. The first-order chi connectivity index (χ1) is 11.8. The van der Waals surface area contributed by atoms with Crippen LogP contribution >= 0.6 is 11.6 Å². The molecule has 1 aliphatic rings. The smallest absolute Gasteiger partial charge is 0.0864 e. The molecule has 0 spiro atoms. The van der Waals surface area contributed by atoms with Gasteiger partial charge in [-0.2, -0.15) is 0 Å². The number of anilines is 1. The monoisotopic (exact) mass is 332 g/mol. The van der Waals surface area contributed by atoms with Gasteiger partial charge in [0.15, 0.2) is 0 Å². The number of halogens is 1. The molecule has 0 fully saturated rings. The van der Waals surface area contributed by atoms with Crippen LogP contribution in [-0.2, 0) is 0 Å². The maximum Gasteiger partial charge on any atom is 0.0864 e. The molecule has 3 aromatic carbocycles. The quantitative estimate of drug-likeness (QED) is 0.610. The first kappa shape index (κ1) is 15.0. The molecule has 0 unspecified atom stereocenters. The highest BCUT2D eigenvalue weighted by Crippen LogP contribution is 2.35. The molecule has 1 N–H and O–H groups in total. The van der Waals surface area contributed by atoms with Gasteiger partial charge >= 0.3 is 0 Å².